The van der Waals surface area contributed by atoms with Crippen molar-refractivity contribution in [1.29, 1.82) is 0 Å². The topological polar surface area (TPSA) is 76.0 Å². The Balaban J connectivity index is 1.60. The average molecular weight is 344 g/mol. The van der Waals surface area contributed by atoms with Crippen LogP contribution in [0.25, 0.3) is 0 Å². The van der Waals surface area contributed by atoms with Gasteiger partial charge in [0.15, 0.2) is 5.69 Å². The van der Waals surface area contributed by atoms with Crippen molar-refractivity contribution in [3.8, 4) is 0 Å². The van der Waals surface area contributed by atoms with Crippen LogP contribution in [0.5, 0.6) is 0 Å². The summed E-state index contributed by atoms with van der Waals surface area (Å²) in [6.45, 7) is 0.205. The van der Waals surface area contributed by atoms with Gasteiger partial charge >= 0.3 is 0 Å². The van der Waals surface area contributed by atoms with E-state index in [1.807, 2.05) is 0 Å². The fourth-order valence-corrected chi connectivity index (χ4v) is 3.03. The number of carbonyl (C=O) groups is 2. The fraction of sp³-hybridized carbons (Fsp3) is 0.389. The molecule has 2 aromatic rings. The predicted octanol–water partition coefficient (Wildman–Crippen LogP) is 2.62. The number of nitrogens with one attached hydrogen (secondary N) is 2. The Labute approximate surface area is 145 Å². The molecule has 0 radical (unpaired) electrons. The lowest BCUT2D eigenvalue weighted by atomic mass is 10.1. The summed E-state index contributed by atoms with van der Waals surface area (Å²) in [6, 6.07) is 7.59. The molecule has 7 heteroatoms. The number of halogens is 1. The number of hydrogen-bond donors (Lipinski definition) is 2. The molecule has 1 aromatic heterocycles. The zero-order chi connectivity index (χ0) is 17.8. The summed E-state index contributed by atoms with van der Waals surface area (Å²) < 4.78 is 14.6. The maximum absolute atomic E-state index is 13.2. The van der Waals surface area contributed by atoms with Crippen LogP contribution in [0.4, 0.5) is 10.2 Å². The smallest absolute Gasteiger partial charge is 0.272 e. The number of aromatic nitrogens is 2. The monoisotopic (exact) mass is 344 g/mol. The van der Waals surface area contributed by atoms with Crippen LogP contribution in [0.15, 0.2) is 30.3 Å². The molecule has 3 rings (SSSR count). The van der Waals surface area contributed by atoms with Crippen molar-refractivity contribution in [2.75, 3.05) is 5.32 Å². The van der Waals surface area contributed by atoms with Crippen LogP contribution in [0.3, 0.4) is 0 Å². The molecular formula is C18H21FN4O2. The van der Waals surface area contributed by atoms with E-state index in [2.05, 4.69) is 15.7 Å². The summed E-state index contributed by atoms with van der Waals surface area (Å²) in [6.07, 6.45) is 3.98. The number of benzene rings is 1. The normalized spacial score (nSPS) is 14.5. The van der Waals surface area contributed by atoms with Gasteiger partial charge in [0.2, 0.25) is 5.91 Å². The Morgan fingerprint density at radius 3 is 2.76 bits per heavy atom. The summed E-state index contributed by atoms with van der Waals surface area (Å²) in [5, 5.41) is 9.67. The van der Waals surface area contributed by atoms with Crippen molar-refractivity contribution >= 4 is 17.6 Å². The van der Waals surface area contributed by atoms with Crippen molar-refractivity contribution < 1.29 is 14.0 Å². The van der Waals surface area contributed by atoms with Crippen LogP contribution < -0.4 is 10.6 Å². The molecule has 2 N–H and O–H groups in total. The lowest BCUT2D eigenvalue weighted by molar-refractivity contribution is -0.119. The molecule has 0 unspecified atom stereocenters. The van der Waals surface area contributed by atoms with E-state index in [-0.39, 0.29) is 35.8 Å². The first kappa shape index (κ1) is 17.1. The van der Waals surface area contributed by atoms with E-state index < -0.39 is 0 Å². The van der Waals surface area contributed by atoms with Crippen LogP contribution in [-0.2, 0) is 18.4 Å². The Bertz CT molecular complexity index is 781. The van der Waals surface area contributed by atoms with E-state index in [0.29, 0.717) is 11.4 Å². The zero-order valence-corrected chi connectivity index (χ0v) is 14.1. The molecule has 1 aliphatic rings. The molecule has 1 aliphatic carbocycles. The minimum Gasteiger partial charge on any atom is -0.347 e. The Hall–Kier alpha value is -2.70. The number of amides is 2. The molecule has 1 saturated carbocycles. The molecule has 25 heavy (non-hydrogen) atoms. The van der Waals surface area contributed by atoms with E-state index in [0.717, 1.165) is 25.7 Å². The van der Waals surface area contributed by atoms with Gasteiger partial charge in [-0.15, -0.1) is 0 Å². The van der Waals surface area contributed by atoms with Crippen molar-refractivity contribution in [2.45, 2.75) is 32.2 Å². The van der Waals surface area contributed by atoms with Gasteiger partial charge < -0.3 is 10.6 Å². The maximum atomic E-state index is 13.2. The second kappa shape index (κ2) is 7.46. The van der Waals surface area contributed by atoms with Gasteiger partial charge in [0.05, 0.1) is 0 Å². The van der Waals surface area contributed by atoms with Gasteiger partial charge in [0.1, 0.15) is 11.6 Å². The molecular weight excluding hydrogens is 323 g/mol. The number of nitrogens with zero attached hydrogens (tertiary/aromatic N) is 2. The number of aryl methyl sites for hydroxylation is 1. The van der Waals surface area contributed by atoms with Gasteiger partial charge in [-0.05, 0) is 30.5 Å². The number of anilines is 1. The van der Waals surface area contributed by atoms with Gasteiger partial charge in [0.25, 0.3) is 5.91 Å². The molecule has 0 saturated heterocycles. The molecule has 0 bridgehead atoms. The largest absolute Gasteiger partial charge is 0.347 e. The minimum atomic E-state index is -0.374. The summed E-state index contributed by atoms with van der Waals surface area (Å²) in [5.41, 5.74) is 0.875. The first-order chi connectivity index (χ1) is 12.0. The highest BCUT2D eigenvalue weighted by atomic mass is 19.1. The molecule has 1 heterocycles. The molecule has 1 aromatic carbocycles. The summed E-state index contributed by atoms with van der Waals surface area (Å²) in [7, 11) is 1.67. The van der Waals surface area contributed by atoms with E-state index in [1.165, 1.54) is 16.8 Å². The van der Waals surface area contributed by atoms with Crippen molar-refractivity contribution in [2.24, 2.45) is 13.0 Å². The number of hydrogen-bond acceptors (Lipinski definition) is 3. The number of carbonyl (C=O) groups excluding carboxylic acids is 2. The highest BCUT2D eigenvalue weighted by molar-refractivity contribution is 5.96. The van der Waals surface area contributed by atoms with Gasteiger partial charge in [0, 0.05) is 25.6 Å². The Morgan fingerprint density at radius 1 is 1.28 bits per heavy atom. The first-order valence-corrected chi connectivity index (χ1v) is 8.40. The van der Waals surface area contributed by atoms with Crippen molar-refractivity contribution in [3.63, 3.8) is 0 Å². The third-order valence-electron chi connectivity index (χ3n) is 4.43. The quantitative estimate of drug-likeness (QED) is 0.875. The van der Waals surface area contributed by atoms with Crippen LogP contribution >= 0.6 is 0 Å². The second-order valence-electron chi connectivity index (χ2n) is 6.32. The van der Waals surface area contributed by atoms with Gasteiger partial charge in [-0.2, -0.15) is 5.10 Å². The van der Waals surface area contributed by atoms with E-state index in [1.54, 1.807) is 25.2 Å². The highest BCUT2D eigenvalue weighted by Crippen LogP contribution is 2.26. The van der Waals surface area contributed by atoms with Gasteiger partial charge in [-0.25, -0.2) is 4.39 Å². The summed E-state index contributed by atoms with van der Waals surface area (Å²) in [4.78, 5) is 24.4. The van der Waals surface area contributed by atoms with Crippen LogP contribution in [0.1, 0.15) is 41.7 Å². The van der Waals surface area contributed by atoms with Gasteiger partial charge in [-0.1, -0.05) is 25.0 Å². The molecule has 0 spiro atoms. The average Bonchev–Trinajstić information content (AvgIpc) is 3.23. The van der Waals surface area contributed by atoms with Crippen LogP contribution in [0, 0.1) is 11.7 Å². The molecule has 2 amide bonds. The fourth-order valence-electron chi connectivity index (χ4n) is 3.03. The molecule has 0 atom stereocenters. The molecule has 0 aliphatic heterocycles. The summed E-state index contributed by atoms with van der Waals surface area (Å²) >= 11 is 0. The lowest BCUT2D eigenvalue weighted by Gasteiger charge is -2.09. The van der Waals surface area contributed by atoms with Crippen LogP contribution in [0.2, 0.25) is 0 Å². The van der Waals surface area contributed by atoms with E-state index >= 15 is 0 Å². The third-order valence-corrected chi connectivity index (χ3v) is 4.43. The van der Waals surface area contributed by atoms with E-state index in [4.69, 9.17) is 0 Å². The minimum absolute atomic E-state index is 0.0211. The standard InChI is InChI=1S/C18H21FN4O2/c1-23-16(21-17(24)13-6-2-3-7-13)10-15(22-23)18(25)20-11-12-5-4-8-14(19)9-12/h4-5,8-10,13H,2-3,6-7,11H2,1H3,(H,20,25)(H,21,24). The predicted molar refractivity (Wildman–Crippen MR) is 91.4 cm³/mol. The third kappa shape index (κ3) is 4.23. The molecule has 132 valence electrons. The Kier molecular flexibility index (Phi) is 5.11. The highest BCUT2D eigenvalue weighted by Gasteiger charge is 2.24. The Morgan fingerprint density at radius 2 is 2.04 bits per heavy atom. The zero-order valence-electron chi connectivity index (χ0n) is 14.1. The van der Waals surface area contributed by atoms with Crippen molar-refractivity contribution in [3.05, 3.63) is 47.4 Å². The van der Waals surface area contributed by atoms with Crippen molar-refractivity contribution in [1.82, 2.24) is 15.1 Å². The van der Waals surface area contributed by atoms with E-state index in [9.17, 15) is 14.0 Å². The lowest BCUT2D eigenvalue weighted by Crippen LogP contribution is -2.23. The number of rotatable bonds is 5. The summed E-state index contributed by atoms with van der Waals surface area (Å²) in [5.74, 6) is -0.206. The molecule has 1 fully saturated rings. The molecule has 6 nitrogen and oxygen atoms in total. The second-order valence-corrected chi connectivity index (χ2v) is 6.32. The van der Waals surface area contributed by atoms with Crippen LogP contribution in [-0.4, -0.2) is 21.6 Å². The maximum Gasteiger partial charge on any atom is 0.272 e. The SMILES string of the molecule is Cn1nc(C(=O)NCc2cccc(F)c2)cc1NC(=O)C1CCCC1. The van der Waals surface area contributed by atoms with Gasteiger partial charge in [-0.3, -0.25) is 14.3 Å². The first-order valence-electron chi connectivity index (χ1n) is 8.40.